The number of ether oxygens (including phenoxy) is 1. The minimum Gasteiger partial charge on any atom is -0.458 e. The van der Waals surface area contributed by atoms with Crippen molar-refractivity contribution in [1.82, 2.24) is 0 Å². The van der Waals surface area contributed by atoms with Crippen LogP contribution in [-0.4, -0.2) is 40.5 Å². The first-order valence-electron chi connectivity index (χ1n) is 11.2. The molecule has 0 aromatic heterocycles. The van der Waals surface area contributed by atoms with Gasteiger partial charge in [-0.15, -0.1) is 0 Å². The average molecular weight is 390 g/mol. The van der Waals surface area contributed by atoms with Gasteiger partial charge in [-0.2, -0.15) is 0 Å². The third-order valence-electron chi connectivity index (χ3n) is 10.2. The summed E-state index contributed by atoms with van der Waals surface area (Å²) in [5, 5.41) is 21.5. The molecule has 5 rings (SSSR count). The number of hydrogen-bond acceptors (Lipinski definition) is 5. The van der Waals surface area contributed by atoms with Crippen molar-refractivity contribution in [3.05, 3.63) is 11.6 Å². The molecule has 0 saturated heterocycles. The molecule has 4 aliphatic carbocycles. The summed E-state index contributed by atoms with van der Waals surface area (Å²) in [7, 11) is 0. The number of fused-ring (bicyclic) bond motifs is 5. The lowest BCUT2D eigenvalue weighted by Gasteiger charge is -2.64. The number of rotatable bonds is 1. The lowest BCUT2D eigenvalue weighted by molar-refractivity contribution is -0.150. The van der Waals surface area contributed by atoms with Crippen molar-refractivity contribution < 1.29 is 19.7 Å². The van der Waals surface area contributed by atoms with Gasteiger partial charge in [0.25, 0.3) is 0 Å². The molecule has 4 fully saturated rings. The van der Waals surface area contributed by atoms with Gasteiger partial charge in [0.1, 0.15) is 6.61 Å². The van der Waals surface area contributed by atoms with Crippen LogP contribution in [0.25, 0.3) is 0 Å². The van der Waals surface area contributed by atoms with Gasteiger partial charge in [0.05, 0.1) is 17.7 Å². The smallest absolute Gasteiger partial charge is 0.331 e. The normalized spacial score (nSPS) is 55.8. The van der Waals surface area contributed by atoms with Crippen LogP contribution in [-0.2, 0) is 9.53 Å². The van der Waals surface area contributed by atoms with Crippen molar-refractivity contribution >= 4 is 5.97 Å². The Bertz CT molecular complexity index is 721. The Morgan fingerprint density at radius 3 is 2.57 bits per heavy atom. The Balaban J connectivity index is 1.51. The van der Waals surface area contributed by atoms with Crippen LogP contribution >= 0.6 is 0 Å². The minimum absolute atomic E-state index is 0.124. The monoisotopic (exact) mass is 389 g/mol. The van der Waals surface area contributed by atoms with E-state index in [0.29, 0.717) is 30.8 Å². The Morgan fingerprint density at radius 2 is 1.86 bits per heavy atom. The van der Waals surface area contributed by atoms with E-state index in [1.807, 2.05) is 0 Å². The largest absolute Gasteiger partial charge is 0.458 e. The van der Waals surface area contributed by atoms with Crippen LogP contribution in [0.4, 0.5) is 0 Å². The van der Waals surface area contributed by atoms with Crippen LogP contribution in [0.1, 0.15) is 65.2 Å². The number of aliphatic hydroxyl groups excluding tert-OH is 2. The molecule has 0 aromatic rings. The van der Waals surface area contributed by atoms with Gasteiger partial charge in [0.2, 0.25) is 0 Å². The summed E-state index contributed by atoms with van der Waals surface area (Å²) in [4.78, 5) is 11.7. The number of nitrogens with two attached hydrogens (primary N) is 1. The van der Waals surface area contributed by atoms with Gasteiger partial charge < -0.3 is 20.7 Å². The van der Waals surface area contributed by atoms with E-state index in [1.54, 1.807) is 6.08 Å². The van der Waals surface area contributed by atoms with E-state index < -0.39 is 11.6 Å². The zero-order chi connectivity index (χ0) is 19.9. The van der Waals surface area contributed by atoms with Gasteiger partial charge in [0, 0.05) is 6.08 Å². The van der Waals surface area contributed by atoms with Crippen LogP contribution in [0.3, 0.4) is 0 Å². The highest BCUT2D eigenvalue weighted by Gasteiger charge is 2.69. The van der Waals surface area contributed by atoms with Crippen LogP contribution in [0, 0.1) is 34.5 Å². The Morgan fingerprint density at radius 1 is 1.07 bits per heavy atom. The van der Waals surface area contributed by atoms with E-state index in [2.05, 4.69) is 13.8 Å². The molecule has 5 heteroatoms. The van der Waals surface area contributed by atoms with Crippen molar-refractivity contribution in [3.8, 4) is 0 Å². The summed E-state index contributed by atoms with van der Waals surface area (Å²) in [6.45, 7) is 5.04. The maximum Gasteiger partial charge on any atom is 0.331 e. The fraction of sp³-hybridized carbons (Fsp3) is 0.870. The highest BCUT2D eigenvalue weighted by molar-refractivity contribution is 5.85. The first-order chi connectivity index (χ1) is 13.2. The molecule has 0 radical (unpaired) electrons. The molecule has 0 spiro atoms. The molecule has 28 heavy (non-hydrogen) atoms. The van der Waals surface area contributed by atoms with E-state index in [9.17, 15) is 15.0 Å². The molecular formula is C23H35NO4. The second-order valence-electron chi connectivity index (χ2n) is 10.9. The van der Waals surface area contributed by atoms with Gasteiger partial charge in [-0.25, -0.2) is 4.79 Å². The van der Waals surface area contributed by atoms with Gasteiger partial charge in [-0.1, -0.05) is 13.8 Å². The van der Waals surface area contributed by atoms with Crippen LogP contribution in [0.15, 0.2) is 11.6 Å². The molecule has 4 N–H and O–H groups in total. The number of carbonyl (C=O) groups excluding carboxylic acids is 1. The average Bonchev–Trinajstić information content (AvgIpc) is 3.16. The fourth-order valence-corrected chi connectivity index (χ4v) is 8.51. The van der Waals surface area contributed by atoms with Crippen LogP contribution in [0.2, 0.25) is 0 Å². The van der Waals surface area contributed by atoms with E-state index in [1.165, 1.54) is 0 Å². The van der Waals surface area contributed by atoms with Crippen molar-refractivity contribution in [2.24, 2.45) is 40.2 Å². The van der Waals surface area contributed by atoms with Gasteiger partial charge in [-0.3, -0.25) is 0 Å². The zero-order valence-corrected chi connectivity index (χ0v) is 17.2. The SMILES string of the molecule is C[C@]12CC[C@H](O)C[C@H]1CC[C@@H]1[C@@H]2CC[C@]2(C)[C@@H](C3=CC(=O)OC3)CC(O)C12N. The minimum atomic E-state index is -0.614. The fourth-order valence-electron chi connectivity index (χ4n) is 8.51. The summed E-state index contributed by atoms with van der Waals surface area (Å²) in [5.41, 5.74) is 7.68. The molecule has 1 heterocycles. The van der Waals surface area contributed by atoms with Crippen molar-refractivity contribution in [1.29, 1.82) is 0 Å². The van der Waals surface area contributed by atoms with E-state index in [4.69, 9.17) is 10.5 Å². The van der Waals surface area contributed by atoms with Crippen molar-refractivity contribution in [3.63, 3.8) is 0 Å². The van der Waals surface area contributed by atoms with Crippen LogP contribution in [0.5, 0.6) is 0 Å². The summed E-state index contributed by atoms with van der Waals surface area (Å²) in [5.74, 6) is 1.26. The Hall–Kier alpha value is -0.910. The third kappa shape index (κ3) is 2.27. The third-order valence-corrected chi connectivity index (χ3v) is 10.2. The second-order valence-corrected chi connectivity index (χ2v) is 10.9. The molecule has 4 saturated carbocycles. The quantitative estimate of drug-likeness (QED) is 0.599. The van der Waals surface area contributed by atoms with Gasteiger partial charge in [0.15, 0.2) is 0 Å². The number of cyclic esters (lactones) is 1. The molecule has 0 bridgehead atoms. The van der Waals surface area contributed by atoms with E-state index >= 15 is 0 Å². The lowest BCUT2D eigenvalue weighted by Crippen LogP contribution is -2.70. The molecule has 0 aromatic carbocycles. The number of carbonyl (C=O) groups is 1. The topological polar surface area (TPSA) is 92.8 Å². The molecule has 5 nitrogen and oxygen atoms in total. The predicted molar refractivity (Wildman–Crippen MR) is 105 cm³/mol. The lowest BCUT2D eigenvalue weighted by atomic mass is 9.42. The molecular weight excluding hydrogens is 354 g/mol. The standard InChI is InChI=1S/C23H35NO4/c1-21-7-5-15(25)10-14(21)3-4-17-16(21)6-8-22(2)18(11-19(26)23(17,22)24)13-9-20(27)28-12-13/h9,14-19,25-26H,3-8,10-12,24H2,1-2H3/t14-,15+,16+,17-,18-,19?,21+,22-,23?/m1/s1. The summed E-state index contributed by atoms with van der Waals surface area (Å²) < 4.78 is 5.20. The van der Waals surface area contributed by atoms with Crippen LogP contribution < -0.4 is 5.73 Å². The van der Waals surface area contributed by atoms with Crippen molar-refractivity contribution in [2.45, 2.75) is 83.0 Å². The molecule has 9 atom stereocenters. The van der Waals surface area contributed by atoms with E-state index in [-0.39, 0.29) is 28.8 Å². The summed E-state index contributed by atoms with van der Waals surface area (Å²) in [6.07, 6.45) is 8.74. The molecule has 5 aliphatic rings. The molecule has 2 unspecified atom stereocenters. The summed E-state index contributed by atoms with van der Waals surface area (Å²) in [6, 6.07) is 0. The number of hydrogen-bond donors (Lipinski definition) is 3. The number of esters is 1. The first-order valence-corrected chi connectivity index (χ1v) is 11.2. The maximum atomic E-state index is 11.7. The number of aliphatic hydroxyl groups is 2. The Kier molecular flexibility index (Phi) is 4.12. The zero-order valence-electron chi connectivity index (χ0n) is 17.2. The first kappa shape index (κ1) is 19.1. The van der Waals surface area contributed by atoms with Gasteiger partial charge >= 0.3 is 5.97 Å². The van der Waals surface area contributed by atoms with E-state index in [0.717, 1.165) is 50.5 Å². The van der Waals surface area contributed by atoms with Crippen molar-refractivity contribution in [2.75, 3.05) is 6.61 Å². The maximum absolute atomic E-state index is 11.7. The molecule has 0 amide bonds. The second kappa shape index (κ2) is 6.05. The molecule has 1 aliphatic heterocycles. The predicted octanol–water partition coefficient (Wildman–Crippen LogP) is 2.54. The summed E-state index contributed by atoms with van der Waals surface area (Å²) >= 11 is 0. The molecule has 156 valence electrons. The highest BCUT2D eigenvalue weighted by atomic mass is 16.5. The Labute approximate surface area is 167 Å². The van der Waals surface area contributed by atoms with Gasteiger partial charge in [-0.05, 0) is 91.4 Å². The highest BCUT2D eigenvalue weighted by Crippen LogP contribution is 2.69.